The maximum Gasteiger partial charge on any atom is 0.295 e. The van der Waals surface area contributed by atoms with Gasteiger partial charge in [-0.2, -0.15) is 5.26 Å². The van der Waals surface area contributed by atoms with Crippen LogP contribution in [-0.4, -0.2) is 12.0 Å². The standard InChI is InChI=1S/C8H8N4O2/c1-11(10)7-3-2-6(5-9)4-8(7)12(13)14/h2-4H,10H2,1H3. The van der Waals surface area contributed by atoms with Crippen molar-refractivity contribution in [1.29, 1.82) is 5.26 Å². The summed E-state index contributed by atoms with van der Waals surface area (Å²) in [5.41, 5.74) is 0.338. The Labute approximate surface area is 80.3 Å². The molecule has 14 heavy (non-hydrogen) atoms. The smallest absolute Gasteiger partial charge is 0.295 e. The second kappa shape index (κ2) is 3.72. The third kappa shape index (κ3) is 1.78. The van der Waals surface area contributed by atoms with Gasteiger partial charge < -0.3 is 5.01 Å². The SMILES string of the molecule is CN(N)c1ccc(C#N)cc1[N+](=O)[O-]. The number of nitro benzene ring substituents is 1. The number of nitrogens with zero attached hydrogens (tertiary/aromatic N) is 3. The van der Waals surface area contributed by atoms with Crippen molar-refractivity contribution >= 4 is 11.4 Å². The van der Waals surface area contributed by atoms with Crippen LogP contribution in [-0.2, 0) is 0 Å². The highest BCUT2D eigenvalue weighted by atomic mass is 16.6. The maximum atomic E-state index is 10.6. The Hall–Kier alpha value is -2.13. The summed E-state index contributed by atoms with van der Waals surface area (Å²) in [6.45, 7) is 0. The maximum absolute atomic E-state index is 10.6. The molecule has 0 aliphatic rings. The summed E-state index contributed by atoms with van der Waals surface area (Å²) in [4.78, 5) is 10.0. The second-order valence-corrected chi connectivity index (χ2v) is 2.68. The highest BCUT2D eigenvalue weighted by Gasteiger charge is 2.16. The van der Waals surface area contributed by atoms with Crippen molar-refractivity contribution in [3.63, 3.8) is 0 Å². The molecule has 0 atom stereocenters. The van der Waals surface area contributed by atoms with Crippen LogP contribution in [0.1, 0.15) is 5.56 Å². The lowest BCUT2D eigenvalue weighted by atomic mass is 10.2. The van der Waals surface area contributed by atoms with Crippen molar-refractivity contribution in [2.24, 2.45) is 5.84 Å². The number of hydrazine groups is 1. The molecule has 0 saturated carbocycles. The topological polar surface area (TPSA) is 96.2 Å². The zero-order valence-corrected chi connectivity index (χ0v) is 7.47. The van der Waals surface area contributed by atoms with Crippen molar-refractivity contribution in [3.8, 4) is 6.07 Å². The van der Waals surface area contributed by atoms with Crippen molar-refractivity contribution in [2.75, 3.05) is 12.1 Å². The van der Waals surface area contributed by atoms with Gasteiger partial charge >= 0.3 is 0 Å². The first-order valence-electron chi connectivity index (χ1n) is 3.73. The van der Waals surface area contributed by atoms with Crippen LogP contribution >= 0.6 is 0 Å². The quantitative estimate of drug-likeness (QED) is 0.424. The molecule has 0 heterocycles. The molecule has 0 spiro atoms. The molecule has 0 aliphatic heterocycles. The molecule has 0 bridgehead atoms. The van der Waals surface area contributed by atoms with Gasteiger partial charge in [0.1, 0.15) is 5.69 Å². The van der Waals surface area contributed by atoms with Gasteiger partial charge in [-0.1, -0.05) is 0 Å². The summed E-state index contributed by atoms with van der Waals surface area (Å²) in [5.74, 6) is 5.39. The van der Waals surface area contributed by atoms with E-state index in [1.54, 1.807) is 0 Å². The van der Waals surface area contributed by atoms with Gasteiger partial charge in [0.15, 0.2) is 0 Å². The van der Waals surface area contributed by atoms with E-state index in [4.69, 9.17) is 11.1 Å². The Bertz CT molecular complexity index is 408. The minimum atomic E-state index is -0.570. The van der Waals surface area contributed by atoms with E-state index in [0.717, 1.165) is 5.01 Å². The number of hydrogen-bond acceptors (Lipinski definition) is 5. The van der Waals surface area contributed by atoms with Crippen LogP contribution in [0.4, 0.5) is 11.4 Å². The summed E-state index contributed by atoms with van der Waals surface area (Å²) < 4.78 is 0. The molecule has 1 aromatic carbocycles. The number of rotatable bonds is 2. The van der Waals surface area contributed by atoms with Gasteiger partial charge in [0, 0.05) is 13.1 Å². The lowest BCUT2D eigenvalue weighted by molar-refractivity contribution is -0.384. The minimum Gasteiger partial charge on any atom is -0.308 e. The Balaban J connectivity index is 3.33. The number of nitriles is 1. The largest absolute Gasteiger partial charge is 0.308 e. The second-order valence-electron chi connectivity index (χ2n) is 2.68. The Morgan fingerprint density at radius 2 is 2.29 bits per heavy atom. The number of nitro groups is 1. The molecule has 0 radical (unpaired) electrons. The number of nitrogens with two attached hydrogens (primary N) is 1. The zero-order chi connectivity index (χ0) is 10.7. The average Bonchev–Trinajstić information content (AvgIpc) is 2.16. The minimum absolute atomic E-state index is 0.172. The third-order valence-electron chi connectivity index (χ3n) is 1.68. The molecule has 0 saturated heterocycles. The lowest BCUT2D eigenvalue weighted by Gasteiger charge is -2.11. The van der Waals surface area contributed by atoms with Gasteiger partial charge in [-0.15, -0.1) is 0 Å². The van der Waals surface area contributed by atoms with Crippen molar-refractivity contribution in [2.45, 2.75) is 0 Å². The predicted octanol–water partition coefficient (Wildman–Crippen LogP) is 0.776. The van der Waals surface area contributed by atoms with Gasteiger partial charge in [-0.25, -0.2) is 5.84 Å². The van der Waals surface area contributed by atoms with E-state index < -0.39 is 4.92 Å². The van der Waals surface area contributed by atoms with E-state index >= 15 is 0 Å². The lowest BCUT2D eigenvalue weighted by Crippen LogP contribution is -2.25. The van der Waals surface area contributed by atoms with E-state index in [1.165, 1.54) is 25.2 Å². The van der Waals surface area contributed by atoms with Crippen molar-refractivity contribution in [1.82, 2.24) is 0 Å². The molecule has 0 fully saturated rings. The van der Waals surface area contributed by atoms with Gasteiger partial charge in [-0.05, 0) is 12.1 Å². The van der Waals surface area contributed by atoms with Gasteiger partial charge in [0.05, 0.1) is 16.6 Å². The number of benzene rings is 1. The molecule has 72 valence electrons. The fourth-order valence-electron chi connectivity index (χ4n) is 1.04. The highest BCUT2D eigenvalue weighted by molar-refractivity contribution is 5.64. The van der Waals surface area contributed by atoms with Crippen LogP contribution in [0.2, 0.25) is 0 Å². The van der Waals surface area contributed by atoms with Crippen LogP contribution in [0.25, 0.3) is 0 Å². The Kier molecular flexibility index (Phi) is 2.65. The molecular formula is C8H8N4O2. The van der Waals surface area contributed by atoms with Crippen LogP contribution in [0, 0.1) is 21.4 Å². The summed E-state index contributed by atoms with van der Waals surface area (Å²) in [7, 11) is 1.49. The molecule has 0 unspecified atom stereocenters. The normalized spacial score (nSPS) is 9.21. The van der Waals surface area contributed by atoms with Crippen molar-refractivity contribution < 1.29 is 4.92 Å². The predicted molar refractivity (Wildman–Crippen MR) is 50.4 cm³/mol. The molecule has 0 aromatic heterocycles. The zero-order valence-electron chi connectivity index (χ0n) is 7.47. The molecule has 6 nitrogen and oxygen atoms in total. The van der Waals surface area contributed by atoms with E-state index in [9.17, 15) is 10.1 Å². The van der Waals surface area contributed by atoms with Gasteiger partial charge in [0.2, 0.25) is 0 Å². The molecule has 0 amide bonds. The number of hydrogen-bond donors (Lipinski definition) is 1. The summed E-state index contributed by atoms with van der Waals surface area (Å²) >= 11 is 0. The fraction of sp³-hybridized carbons (Fsp3) is 0.125. The summed E-state index contributed by atoms with van der Waals surface area (Å²) in [6, 6.07) is 5.94. The van der Waals surface area contributed by atoms with Crippen LogP contribution in [0.3, 0.4) is 0 Å². The molecule has 6 heteroatoms. The Morgan fingerprint density at radius 3 is 2.71 bits per heavy atom. The molecular weight excluding hydrogens is 184 g/mol. The van der Waals surface area contributed by atoms with E-state index in [1.807, 2.05) is 6.07 Å². The van der Waals surface area contributed by atoms with E-state index in [0.29, 0.717) is 0 Å². The first kappa shape index (κ1) is 9.95. The molecule has 2 N–H and O–H groups in total. The summed E-state index contributed by atoms with van der Waals surface area (Å²) in [6.07, 6.45) is 0. The third-order valence-corrected chi connectivity index (χ3v) is 1.68. The van der Waals surface area contributed by atoms with Crippen LogP contribution < -0.4 is 10.9 Å². The fourth-order valence-corrected chi connectivity index (χ4v) is 1.04. The molecule has 1 rings (SSSR count). The van der Waals surface area contributed by atoms with Gasteiger partial charge in [-0.3, -0.25) is 10.1 Å². The number of anilines is 1. The van der Waals surface area contributed by atoms with E-state index in [-0.39, 0.29) is 16.9 Å². The Morgan fingerprint density at radius 1 is 1.64 bits per heavy atom. The summed E-state index contributed by atoms with van der Waals surface area (Å²) in [5, 5.41) is 20.3. The van der Waals surface area contributed by atoms with Crippen LogP contribution in [0.15, 0.2) is 18.2 Å². The monoisotopic (exact) mass is 192 g/mol. The van der Waals surface area contributed by atoms with E-state index in [2.05, 4.69) is 0 Å². The molecule has 0 aliphatic carbocycles. The molecule has 1 aromatic rings. The first-order valence-corrected chi connectivity index (χ1v) is 3.73. The van der Waals surface area contributed by atoms with Gasteiger partial charge in [0.25, 0.3) is 5.69 Å². The van der Waals surface area contributed by atoms with Crippen molar-refractivity contribution in [3.05, 3.63) is 33.9 Å². The highest BCUT2D eigenvalue weighted by Crippen LogP contribution is 2.26. The first-order chi connectivity index (χ1) is 6.56. The van der Waals surface area contributed by atoms with Crippen LogP contribution in [0.5, 0.6) is 0 Å². The average molecular weight is 192 g/mol.